The van der Waals surface area contributed by atoms with Crippen molar-refractivity contribution in [1.29, 1.82) is 0 Å². The molecule has 1 aliphatic rings. The highest BCUT2D eigenvalue weighted by molar-refractivity contribution is 5.89. The summed E-state index contributed by atoms with van der Waals surface area (Å²) in [6.45, 7) is 5.67. The van der Waals surface area contributed by atoms with E-state index in [2.05, 4.69) is 13.8 Å². The van der Waals surface area contributed by atoms with Crippen molar-refractivity contribution < 1.29 is 38.0 Å². The van der Waals surface area contributed by atoms with Crippen LogP contribution in [-0.2, 0) is 16.0 Å². The lowest BCUT2D eigenvalue weighted by molar-refractivity contribution is -0.132. The Labute approximate surface area is 201 Å². The number of benzene rings is 2. The maximum Gasteiger partial charge on any atom is 0.308 e. The summed E-state index contributed by atoms with van der Waals surface area (Å²) in [5.74, 6) is 2.42. The van der Waals surface area contributed by atoms with Crippen LogP contribution in [0.1, 0.15) is 38.0 Å². The molecule has 0 aromatic heterocycles. The van der Waals surface area contributed by atoms with Gasteiger partial charge in [-0.3, -0.25) is 4.79 Å². The Morgan fingerprint density at radius 2 is 1.32 bits per heavy atom. The van der Waals surface area contributed by atoms with Gasteiger partial charge in [0.05, 0.1) is 41.7 Å². The Morgan fingerprint density at radius 1 is 0.765 bits per heavy atom. The van der Waals surface area contributed by atoms with E-state index in [1.54, 1.807) is 41.6 Å². The van der Waals surface area contributed by atoms with Crippen molar-refractivity contribution in [3.05, 3.63) is 23.3 Å². The molecule has 0 saturated heterocycles. The van der Waals surface area contributed by atoms with E-state index >= 15 is 0 Å². The Kier molecular flexibility index (Phi) is 7.82. The smallest absolute Gasteiger partial charge is 0.308 e. The number of hydrogen-bond acceptors (Lipinski definition) is 8. The topological polar surface area (TPSA) is 81.7 Å². The van der Waals surface area contributed by atoms with Crippen LogP contribution < -0.4 is 28.4 Å². The van der Waals surface area contributed by atoms with Crippen molar-refractivity contribution >= 4 is 5.97 Å². The molecule has 0 fully saturated rings. The Bertz CT molecular complexity index is 1060. The summed E-state index contributed by atoms with van der Waals surface area (Å²) in [5, 5.41) is 0. The maximum atomic E-state index is 11.9. The standard InChI is InChI=1S/C26H34O8/c1-13-10-16-11-18(28-4)23(30-6)25(32-8)20(16)21-17(22(29-5)14(13)2)12-19(34-15(3)27)24(31-7)26(21)33-9/h11-14,22H,10H2,1-9H3/t13-,14+,22+/m1/s1. The molecule has 0 radical (unpaired) electrons. The number of rotatable bonds is 7. The van der Waals surface area contributed by atoms with Crippen LogP contribution in [-0.4, -0.2) is 48.6 Å². The highest BCUT2D eigenvalue weighted by atomic mass is 16.6. The summed E-state index contributed by atoms with van der Waals surface area (Å²) < 4.78 is 40.3. The molecule has 0 amide bonds. The molecular weight excluding hydrogens is 440 g/mol. The van der Waals surface area contributed by atoms with Crippen LogP contribution in [0.3, 0.4) is 0 Å². The highest BCUT2D eigenvalue weighted by Crippen LogP contribution is 2.57. The van der Waals surface area contributed by atoms with E-state index in [1.165, 1.54) is 14.0 Å². The Balaban J connectivity index is 2.58. The number of fused-ring (bicyclic) bond motifs is 3. The molecular formula is C26H34O8. The first-order valence-corrected chi connectivity index (χ1v) is 11.1. The van der Waals surface area contributed by atoms with E-state index in [4.69, 9.17) is 33.2 Å². The summed E-state index contributed by atoms with van der Waals surface area (Å²) >= 11 is 0. The van der Waals surface area contributed by atoms with Gasteiger partial charge in [-0.1, -0.05) is 13.8 Å². The van der Waals surface area contributed by atoms with E-state index in [-0.39, 0.29) is 23.7 Å². The fraction of sp³-hybridized carbons (Fsp3) is 0.500. The molecule has 186 valence electrons. The monoisotopic (exact) mass is 474 g/mol. The normalized spacial score (nSPS) is 19.1. The van der Waals surface area contributed by atoms with Crippen molar-refractivity contribution in [2.45, 2.75) is 33.3 Å². The Morgan fingerprint density at radius 3 is 1.82 bits per heavy atom. The Hall–Kier alpha value is -3.13. The number of hydrogen-bond donors (Lipinski definition) is 0. The minimum atomic E-state index is -0.467. The first-order chi connectivity index (χ1) is 16.3. The van der Waals surface area contributed by atoms with Gasteiger partial charge in [0.25, 0.3) is 0 Å². The zero-order valence-electron chi connectivity index (χ0n) is 21.4. The average Bonchev–Trinajstić information content (AvgIpc) is 2.82. The predicted molar refractivity (Wildman–Crippen MR) is 128 cm³/mol. The third-order valence-corrected chi connectivity index (χ3v) is 6.53. The van der Waals surface area contributed by atoms with Gasteiger partial charge in [-0.2, -0.15) is 0 Å². The quantitative estimate of drug-likeness (QED) is 0.417. The number of carbonyl (C=O) groups is 1. The molecule has 3 atom stereocenters. The summed E-state index contributed by atoms with van der Waals surface area (Å²) in [5.41, 5.74) is 3.32. The van der Waals surface area contributed by atoms with Crippen LogP contribution in [0.2, 0.25) is 0 Å². The molecule has 0 spiro atoms. The van der Waals surface area contributed by atoms with Crippen LogP contribution in [0.25, 0.3) is 11.1 Å². The van der Waals surface area contributed by atoms with E-state index in [0.717, 1.165) is 28.7 Å². The van der Waals surface area contributed by atoms with Gasteiger partial charge in [0, 0.05) is 25.2 Å². The lowest BCUT2D eigenvalue weighted by atomic mass is 9.76. The SMILES string of the molecule is COc1cc2c(c(OC)c1OC)-c1c(cc(OC(C)=O)c(OC)c1OC)[C@@H](OC)[C@@H](C)[C@H](C)C2. The molecule has 0 N–H and O–H groups in total. The molecule has 0 saturated carbocycles. The molecule has 2 aromatic rings. The maximum absolute atomic E-state index is 11.9. The van der Waals surface area contributed by atoms with Gasteiger partial charge in [-0.05, 0) is 41.5 Å². The summed E-state index contributed by atoms with van der Waals surface area (Å²) in [7, 11) is 9.49. The zero-order chi connectivity index (χ0) is 25.2. The van der Waals surface area contributed by atoms with E-state index in [0.29, 0.717) is 28.7 Å². The number of methoxy groups -OCH3 is 6. The highest BCUT2D eigenvalue weighted by Gasteiger charge is 2.37. The van der Waals surface area contributed by atoms with Gasteiger partial charge in [0.2, 0.25) is 11.5 Å². The first-order valence-electron chi connectivity index (χ1n) is 11.1. The van der Waals surface area contributed by atoms with Gasteiger partial charge < -0.3 is 33.2 Å². The molecule has 8 nitrogen and oxygen atoms in total. The van der Waals surface area contributed by atoms with Crippen molar-refractivity contribution in [2.75, 3.05) is 42.7 Å². The lowest BCUT2D eigenvalue weighted by Crippen LogP contribution is -2.24. The average molecular weight is 475 g/mol. The van der Waals surface area contributed by atoms with Crippen molar-refractivity contribution in [3.63, 3.8) is 0 Å². The minimum Gasteiger partial charge on any atom is -0.493 e. The van der Waals surface area contributed by atoms with Crippen LogP contribution in [0, 0.1) is 11.8 Å². The van der Waals surface area contributed by atoms with Crippen LogP contribution in [0.5, 0.6) is 34.5 Å². The third kappa shape index (κ3) is 4.22. The van der Waals surface area contributed by atoms with E-state index in [9.17, 15) is 4.79 Å². The van der Waals surface area contributed by atoms with E-state index < -0.39 is 5.97 Å². The van der Waals surface area contributed by atoms with E-state index in [1.807, 2.05) is 6.07 Å². The summed E-state index contributed by atoms with van der Waals surface area (Å²) in [6, 6.07) is 3.77. The molecule has 0 bridgehead atoms. The van der Waals surface area contributed by atoms with Crippen LogP contribution >= 0.6 is 0 Å². The fourth-order valence-corrected chi connectivity index (χ4v) is 4.83. The fourth-order valence-electron chi connectivity index (χ4n) is 4.83. The van der Waals surface area contributed by atoms with Crippen molar-refractivity contribution in [3.8, 4) is 45.6 Å². The molecule has 0 heterocycles. The second-order valence-corrected chi connectivity index (χ2v) is 8.38. The van der Waals surface area contributed by atoms with Crippen molar-refractivity contribution in [2.24, 2.45) is 11.8 Å². The third-order valence-electron chi connectivity index (χ3n) is 6.53. The molecule has 2 aromatic carbocycles. The second-order valence-electron chi connectivity index (χ2n) is 8.38. The van der Waals surface area contributed by atoms with Crippen LogP contribution in [0.15, 0.2) is 12.1 Å². The van der Waals surface area contributed by atoms with Crippen LogP contribution in [0.4, 0.5) is 0 Å². The summed E-state index contributed by atoms with van der Waals surface area (Å²) in [4.78, 5) is 11.9. The number of carbonyl (C=O) groups excluding carboxylic acids is 1. The first kappa shape index (κ1) is 25.5. The summed E-state index contributed by atoms with van der Waals surface area (Å²) in [6.07, 6.45) is 0.425. The molecule has 34 heavy (non-hydrogen) atoms. The number of ether oxygens (including phenoxy) is 7. The molecule has 0 aliphatic heterocycles. The molecule has 1 aliphatic carbocycles. The molecule has 8 heteroatoms. The largest absolute Gasteiger partial charge is 0.493 e. The molecule has 3 rings (SSSR count). The van der Waals surface area contributed by atoms with Gasteiger partial charge in [0.15, 0.2) is 23.0 Å². The lowest BCUT2D eigenvalue weighted by Gasteiger charge is -2.35. The van der Waals surface area contributed by atoms with Gasteiger partial charge in [-0.15, -0.1) is 0 Å². The second kappa shape index (κ2) is 10.4. The van der Waals surface area contributed by atoms with Gasteiger partial charge in [0.1, 0.15) is 0 Å². The van der Waals surface area contributed by atoms with Gasteiger partial charge >= 0.3 is 5.97 Å². The number of esters is 1. The zero-order valence-corrected chi connectivity index (χ0v) is 21.4. The molecule has 0 unspecified atom stereocenters. The van der Waals surface area contributed by atoms with Gasteiger partial charge in [-0.25, -0.2) is 0 Å². The minimum absolute atomic E-state index is 0.124. The predicted octanol–water partition coefficient (Wildman–Crippen LogP) is 4.84. The van der Waals surface area contributed by atoms with Crippen molar-refractivity contribution in [1.82, 2.24) is 0 Å².